The number of carbonyl (C=O) groups excluding carboxylic acids is 1. The van der Waals surface area contributed by atoms with Crippen molar-refractivity contribution < 1.29 is 9.53 Å². The molecular weight excluding hydrogens is 314 g/mol. The molecule has 2 heterocycles. The molecule has 4 rings (SSSR count). The van der Waals surface area contributed by atoms with Crippen LogP contribution in [0.4, 0.5) is 11.4 Å². The Hall–Kier alpha value is -2.53. The second-order valence-corrected chi connectivity index (χ2v) is 6.71. The summed E-state index contributed by atoms with van der Waals surface area (Å²) in [7, 11) is 2.15. The number of piperazine rings is 1. The van der Waals surface area contributed by atoms with Crippen LogP contribution >= 0.6 is 0 Å². The van der Waals surface area contributed by atoms with E-state index in [0.29, 0.717) is 12.2 Å². The Morgan fingerprint density at radius 3 is 2.56 bits per heavy atom. The fourth-order valence-electron chi connectivity index (χ4n) is 3.35. The first-order chi connectivity index (χ1) is 12.2. The Morgan fingerprint density at radius 1 is 1.04 bits per heavy atom. The van der Waals surface area contributed by atoms with Crippen LogP contribution in [-0.2, 0) is 6.42 Å². The predicted molar refractivity (Wildman–Crippen MR) is 99.7 cm³/mol. The van der Waals surface area contributed by atoms with Crippen LogP contribution in [0.1, 0.15) is 15.9 Å². The van der Waals surface area contributed by atoms with Crippen molar-refractivity contribution in [2.75, 3.05) is 50.1 Å². The van der Waals surface area contributed by atoms with Gasteiger partial charge in [-0.25, -0.2) is 0 Å². The summed E-state index contributed by atoms with van der Waals surface area (Å²) in [6.45, 7) is 4.95. The van der Waals surface area contributed by atoms with Crippen molar-refractivity contribution in [2.24, 2.45) is 0 Å². The summed E-state index contributed by atoms with van der Waals surface area (Å²) in [6, 6.07) is 13.7. The van der Waals surface area contributed by atoms with Gasteiger partial charge in [0.2, 0.25) is 0 Å². The standard InChI is InChI=1S/C20H23N3O2/c1-22-9-11-23(12-10-22)18-5-3-17(4-6-18)21-20(24)16-2-7-19-15(14-16)8-13-25-19/h2-7,14H,8-13H2,1H3,(H,21,24). The average Bonchev–Trinajstić information content (AvgIpc) is 3.11. The van der Waals surface area contributed by atoms with Gasteiger partial charge in [-0.1, -0.05) is 0 Å². The van der Waals surface area contributed by atoms with E-state index in [4.69, 9.17) is 4.74 Å². The van der Waals surface area contributed by atoms with Gasteiger partial charge in [-0.15, -0.1) is 0 Å². The molecule has 0 saturated carbocycles. The molecule has 130 valence electrons. The number of carbonyl (C=O) groups is 1. The molecule has 25 heavy (non-hydrogen) atoms. The maximum atomic E-state index is 12.5. The molecule has 2 aliphatic rings. The Kier molecular flexibility index (Phi) is 4.32. The van der Waals surface area contributed by atoms with Crippen molar-refractivity contribution in [3.05, 3.63) is 53.6 Å². The SMILES string of the molecule is CN1CCN(c2ccc(NC(=O)c3ccc4c(c3)CCO4)cc2)CC1. The van der Waals surface area contributed by atoms with Gasteiger partial charge in [0.1, 0.15) is 5.75 Å². The molecule has 0 aliphatic carbocycles. The minimum Gasteiger partial charge on any atom is -0.493 e. The van der Waals surface area contributed by atoms with Crippen LogP contribution < -0.4 is 15.0 Å². The molecule has 2 aliphatic heterocycles. The highest BCUT2D eigenvalue weighted by Crippen LogP contribution is 2.26. The van der Waals surface area contributed by atoms with Gasteiger partial charge in [-0.3, -0.25) is 4.79 Å². The van der Waals surface area contributed by atoms with Crippen molar-refractivity contribution in [3.8, 4) is 5.75 Å². The molecule has 1 N–H and O–H groups in total. The highest BCUT2D eigenvalue weighted by Gasteiger charge is 2.16. The minimum atomic E-state index is -0.0814. The molecule has 0 unspecified atom stereocenters. The van der Waals surface area contributed by atoms with Crippen LogP contribution in [0.3, 0.4) is 0 Å². The van der Waals surface area contributed by atoms with E-state index in [1.165, 1.54) is 5.69 Å². The Bertz CT molecular complexity index is 765. The molecule has 0 aromatic heterocycles. The number of likely N-dealkylation sites (N-methyl/N-ethyl adjacent to an activating group) is 1. The van der Waals surface area contributed by atoms with Gasteiger partial charge in [-0.05, 0) is 55.1 Å². The third-order valence-electron chi connectivity index (χ3n) is 4.95. The van der Waals surface area contributed by atoms with E-state index in [1.807, 2.05) is 30.3 Å². The van der Waals surface area contributed by atoms with Crippen LogP contribution in [0.5, 0.6) is 5.75 Å². The normalized spacial score (nSPS) is 17.1. The number of anilines is 2. The summed E-state index contributed by atoms with van der Waals surface area (Å²) in [5.41, 5.74) is 3.81. The van der Waals surface area contributed by atoms with Crippen molar-refractivity contribution in [1.29, 1.82) is 0 Å². The first-order valence-corrected chi connectivity index (χ1v) is 8.80. The van der Waals surface area contributed by atoms with Crippen LogP contribution in [0, 0.1) is 0 Å². The van der Waals surface area contributed by atoms with Gasteiger partial charge < -0.3 is 19.9 Å². The zero-order valence-electron chi connectivity index (χ0n) is 14.5. The number of fused-ring (bicyclic) bond motifs is 1. The molecule has 2 aromatic carbocycles. The van der Waals surface area contributed by atoms with E-state index >= 15 is 0 Å². The monoisotopic (exact) mass is 337 g/mol. The van der Waals surface area contributed by atoms with Gasteiger partial charge >= 0.3 is 0 Å². The van der Waals surface area contributed by atoms with E-state index in [9.17, 15) is 4.79 Å². The number of ether oxygens (including phenoxy) is 1. The van der Waals surface area contributed by atoms with Gasteiger partial charge in [0.05, 0.1) is 6.61 Å². The minimum absolute atomic E-state index is 0.0814. The fraction of sp³-hybridized carbons (Fsp3) is 0.350. The average molecular weight is 337 g/mol. The number of hydrogen-bond acceptors (Lipinski definition) is 4. The quantitative estimate of drug-likeness (QED) is 0.935. The fourth-order valence-corrected chi connectivity index (χ4v) is 3.35. The third kappa shape index (κ3) is 3.46. The van der Waals surface area contributed by atoms with Crippen molar-refractivity contribution in [2.45, 2.75) is 6.42 Å². The molecule has 1 saturated heterocycles. The molecule has 1 amide bonds. The molecule has 5 nitrogen and oxygen atoms in total. The lowest BCUT2D eigenvalue weighted by molar-refractivity contribution is 0.102. The van der Waals surface area contributed by atoms with E-state index in [-0.39, 0.29) is 5.91 Å². The second-order valence-electron chi connectivity index (χ2n) is 6.71. The first-order valence-electron chi connectivity index (χ1n) is 8.80. The second kappa shape index (κ2) is 6.76. The molecule has 5 heteroatoms. The van der Waals surface area contributed by atoms with Gasteiger partial charge in [-0.2, -0.15) is 0 Å². The molecule has 2 aromatic rings. The summed E-state index contributed by atoms with van der Waals surface area (Å²) < 4.78 is 5.49. The number of amides is 1. The van der Waals surface area contributed by atoms with Crippen LogP contribution in [0.2, 0.25) is 0 Å². The molecular formula is C20H23N3O2. The van der Waals surface area contributed by atoms with Crippen molar-refractivity contribution in [1.82, 2.24) is 4.90 Å². The Labute approximate surface area is 148 Å². The van der Waals surface area contributed by atoms with Crippen LogP contribution in [-0.4, -0.2) is 50.6 Å². The van der Waals surface area contributed by atoms with Gasteiger partial charge in [0.25, 0.3) is 5.91 Å². The third-order valence-corrected chi connectivity index (χ3v) is 4.95. The number of nitrogens with one attached hydrogen (secondary N) is 1. The van der Waals surface area contributed by atoms with Crippen LogP contribution in [0.15, 0.2) is 42.5 Å². The predicted octanol–water partition coefficient (Wildman–Crippen LogP) is 2.63. The topological polar surface area (TPSA) is 44.8 Å². The smallest absolute Gasteiger partial charge is 0.255 e. The van der Waals surface area contributed by atoms with Crippen molar-refractivity contribution in [3.63, 3.8) is 0 Å². The van der Waals surface area contributed by atoms with E-state index in [2.05, 4.69) is 34.3 Å². The Morgan fingerprint density at radius 2 is 1.80 bits per heavy atom. The maximum absolute atomic E-state index is 12.5. The zero-order valence-corrected chi connectivity index (χ0v) is 14.5. The largest absolute Gasteiger partial charge is 0.493 e. The molecule has 0 atom stereocenters. The lowest BCUT2D eigenvalue weighted by atomic mass is 10.1. The van der Waals surface area contributed by atoms with E-state index in [0.717, 1.165) is 49.6 Å². The first kappa shape index (κ1) is 16.0. The molecule has 1 fully saturated rings. The summed E-state index contributed by atoms with van der Waals surface area (Å²) >= 11 is 0. The lowest BCUT2D eigenvalue weighted by Crippen LogP contribution is -2.44. The highest BCUT2D eigenvalue weighted by atomic mass is 16.5. The lowest BCUT2D eigenvalue weighted by Gasteiger charge is -2.34. The number of benzene rings is 2. The molecule has 0 radical (unpaired) electrons. The van der Waals surface area contributed by atoms with E-state index in [1.54, 1.807) is 0 Å². The number of nitrogens with zero attached hydrogens (tertiary/aromatic N) is 2. The Balaban J connectivity index is 1.41. The summed E-state index contributed by atoms with van der Waals surface area (Å²) in [4.78, 5) is 17.2. The summed E-state index contributed by atoms with van der Waals surface area (Å²) in [5.74, 6) is 0.815. The summed E-state index contributed by atoms with van der Waals surface area (Å²) in [6.07, 6.45) is 0.871. The molecule has 0 bridgehead atoms. The van der Waals surface area contributed by atoms with E-state index < -0.39 is 0 Å². The van der Waals surface area contributed by atoms with Crippen LogP contribution in [0.25, 0.3) is 0 Å². The van der Waals surface area contributed by atoms with Gasteiger partial charge in [0, 0.05) is 49.5 Å². The maximum Gasteiger partial charge on any atom is 0.255 e. The highest BCUT2D eigenvalue weighted by molar-refractivity contribution is 6.04. The molecule has 0 spiro atoms. The zero-order chi connectivity index (χ0) is 17.2. The van der Waals surface area contributed by atoms with Gasteiger partial charge in [0.15, 0.2) is 0 Å². The number of hydrogen-bond donors (Lipinski definition) is 1. The number of rotatable bonds is 3. The summed E-state index contributed by atoms with van der Waals surface area (Å²) in [5, 5.41) is 2.98. The van der Waals surface area contributed by atoms with Crippen molar-refractivity contribution >= 4 is 17.3 Å².